The van der Waals surface area contributed by atoms with Crippen molar-refractivity contribution in [3.63, 3.8) is 0 Å². The maximum atomic E-state index is 13.0. The molecule has 0 amide bonds. The Morgan fingerprint density at radius 1 is 1.47 bits per heavy atom. The summed E-state index contributed by atoms with van der Waals surface area (Å²) in [4.78, 5) is 7.17. The Bertz CT molecular complexity index is 462. The Kier molecular flexibility index (Phi) is 2.51. The fourth-order valence-electron chi connectivity index (χ4n) is 1.37. The normalized spacial score (nSPS) is 12.7. The van der Waals surface area contributed by atoms with Gasteiger partial charge in [-0.15, -0.1) is 0 Å². The van der Waals surface area contributed by atoms with Crippen LogP contribution in [0.2, 0.25) is 0 Å². The van der Waals surface area contributed by atoms with E-state index in [1.54, 1.807) is 12.3 Å². The van der Waals surface area contributed by atoms with Crippen LogP contribution in [0, 0.1) is 5.82 Å². The van der Waals surface area contributed by atoms with Crippen LogP contribution in [-0.2, 0) is 0 Å². The Labute approximate surface area is 87.2 Å². The van der Waals surface area contributed by atoms with Crippen molar-refractivity contribution in [3.05, 3.63) is 42.1 Å². The van der Waals surface area contributed by atoms with Crippen molar-refractivity contribution in [2.24, 2.45) is 5.73 Å². The Morgan fingerprint density at radius 3 is 2.87 bits per heavy atom. The van der Waals surface area contributed by atoms with Crippen molar-refractivity contribution < 1.29 is 4.39 Å². The zero-order valence-corrected chi connectivity index (χ0v) is 8.37. The number of benzene rings is 1. The van der Waals surface area contributed by atoms with Gasteiger partial charge >= 0.3 is 0 Å². The van der Waals surface area contributed by atoms with E-state index < -0.39 is 0 Å². The second kappa shape index (κ2) is 3.82. The zero-order chi connectivity index (χ0) is 10.8. The number of hydrogen-bond acceptors (Lipinski definition) is 2. The number of aromatic amines is 1. The molecule has 78 valence electrons. The topological polar surface area (TPSA) is 54.7 Å². The molecular weight excluding hydrogens is 193 g/mol. The molecule has 1 unspecified atom stereocenters. The number of imidazole rings is 1. The maximum Gasteiger partial charge on any atom is 0.123 e. The molecule has 0 aliphatic heterocycles. The van der Waals surface area contributed by atoms with Crippen LogP contribution in [0.3, 0.4) is 0 Å². The second-order valence-electron chi connectivity index (χ2n) is 3.48. The van der Waals surface area contributed by atoms with Crippen LogP contribution in [0.15, 0.2) is 30.5 Å². The number of aromatic nitrogens is 2. The van der Waals surface area contributed by atoms with Gasteiger partial charge in [-0.05, 0) is 19.1 Å². The maximum absolute atomic E-state index is 13.0. The molecule has 2 rings (SSSR count). The molecule has 4 heteroatoms. The van der Waals surface area contributed by atoms with Crippen LogP contribution >= 0.6 is 0 Å². The van der Waals surface area contributed by atoms with Crippen molar-refractivity contribution in [1.82, 2.24) is 9.97 Å². The third-order valence-electron chi connectivity index (χ3n) is 2.16. The van der Waals surface area contributed by atoms with E-state index >= 15 is 0 Å². The SMILES string of the molecule is CC(N)c1ncc(-c2cccc(F)c2)[nH]1. The predicted molar refractivity (Wildman–Crippen MR) is 56.6 cm³/mol. The highest BCUT2D eigenvalue weighted by molar-refractivity contribution is 5.58. The van der Waals surface area contributed by atoms with Crippen molar-refractivity contribution >= 4 is 0 Å². The Balaban J connectivity index is 2.37. The standard InChI is InChI=1S/C11H12FN3/c1-7(13)11-14-6-10(15-11)8-3-2-4-9(12)5-8/h2-7H,13H2,1H3,(H,14,15). The van der Waals surface area contributed by atoms with E-state index in [2.05, 4.69) is 9.97 Å². The molecule has 0 aliphatic rings. The van der Waals surface area contributed by atoms with E-state index in [0.29, 0.717) is 5.82 Å². The summed E-state index contributed by atoms with van der Waals surface area (Å²) in [7, 11) is 0. The highest BCUT2D eigenvalue weighted by atomic mass is 19.1. The van der Waals surface area contributed by atoms with E-state index in [1.807, 2.05) is 13.0 Å². The average Bonchev–Trinajstić information content (AvgIpc) is 2.66. The number of halogens is 1. The minimum Gasteiger partial charge on any atom is -0.341 e. The number of hydrogen-bond donors (Lipinski definition) is 2. The number of H-pyrrole nitrogens is 1. The molecule has 1 aromatic heterocycles. The Hall–Kier alpha value is -1.68. The Morgan fingerprint density at radius 2 is 2.27 bits per heavy atom. The van der Waals surface area contributed by atoms with E-state index in [-0.39, 0.29) is 11.9 Å². The lowest BCUT2D eigenvalue weighted by atomic mass is 10.2. The van der Waals surface area contributed by atoms with E-state index in [0.717, 1.165) is 11.3 Å². The second-order valence-corrected chi connectivity index (χ2v) is 3.48. The molecule has 3 N–H and O–H groups in total. The first-order valence-electron chi connectivity index (χ1n) is 4.73. The lowest BCUT2D eigenvalue weighted by Gasteiger charge is -1.99. The van der Waals surface area contributed by atoms with Gasteiger partial charge in [-0.2, -0.15) is 0 Å². The minimum absolute atomic E-state index is 0.146. The van der Waals surface area contributed by atoms with Crippen molar-refractivity contribution in [2.45, 2.75) is 13.0 Å². The van der Waals surface area contributed by atoms with Gasteiger partial charge in [0.15, 0.2) is 0 Å². The van der Waals surface area contributed by atoms with Gasteiger partial charge in [0, 0.05) is 5.56 Å². The van der Waals surface area contributed by atoms with Crippen LogP contribution in [0.25, 0.3) is 11.3 Å². The van der Waals surface area contributed by atoms with Gasteiger partial charge in [-0.3, -0.25) is 0 Å². The number of nitrogens with zero attached hydrogens (tertiary/aromatic N) is 1. The molecule has 0 bridgehead atoms. The summed E-state index contributed by atoms with van der Waals surface area (Å²) in [5, 5.41) is 0. The van der Waals surface area contributed by atoms with Crippen LogP contribution in [0.5, 0.6) is 0 Å². The first kappa shape index (κ1) is 9.86. The van der Waals surface area contributed by atoms with Gasteiger partial charge in [0.25, 0.3) is 0 Å². The molecule has 2 aromatic rings. The molecule has 0 radical (unpaired) electrons. The lowest BCUT2D eigenvalue weighted by Crippen LogP contribution is -2.06. The monoisotopic (exact) mass is 205 g/mol. The fourth-order valence-corrected chi connectivity index (χ4v) is 1.37. The average molecular weight is 205 g/mol. The van der Waals surface area contributed by atoms with Crippen LogP contribution in [0.1, 0.15) is 18.8 Å². The van der Waals surface area contributed by atoms with E-state index in [1.165, 1.54) is 12.1 Å². The van der Waals surface area contributed by atoms with Gasteiger partial charge in [-0.25, -0.2) is 9.37 Å². The largest absolute Gasteiger partial charge is 0.341 e. The van der Waals surface area contributed by atoms with Crippen molar-refractivity contribution in [2.75, 3.05) is 0 Å². The molecule has 0 saturated carbocycles. The molecule has 0 aliphatic carbocycles. The lowest BCUT2D eigenvalue weighted by molar-refractivity contribution is 0.628. The zero-order valence-electron chi connectivity index (χ0n) is 8.37. The summed E-state index contributed by atoms with van der Waals surface area (Å²) in [5.74, 6) is 0.443. The molecule has 1 aromatic carbocycles. The summed E-state index contributed by atoms with van der Waals surface area (Å²) in [6.45, 7) is 1.84. The van der Waals surface area contributed by atoms with Crippen molar-refractivity contribution in [3.8, 4) is 11.3 Å². The minimum atomic E-state index is -0.260. The summed E-state index contributed by atoms with van der Waals surface area (Å²) >= 11 is 0. The molecule has 0 spiro atoms. The highest BCUT2D eigenvalue weighted by Gasteiger charge is 2.06. The van der Waals surface area contributed by atoms with Gasteiger partial charge in [-0.1, -0.05) is 12.1 Å². The molecule has 0 saturated heterocycles. The molecule has 1 heterocycles. The third kappa shape index (κ3) is 2.05. The molecule has 0 fully saturated rings. The number of nitrogens with one attached hydrogen (secondary N) is 1. The first-order valence-corrected chi connectivity index (χ1v) is 4.73. The summed E-state index contributed by atoms with van der Waals surface area (Å²) in [5.41, 5.74) is 7.22. The molecule has 15 heavy (non-hydrogen) atoms. The molecule has 3 nitrogen and oxygen atoms in total. The first-order chi connectivity index (χ1) is 7.16. The van der Waals surface area contributed by atoms with Crippen molar-refractivity contribution in [1.29, 1.82) is 0 Å². The highest BCUT2D eigenvalue weighted by Crippen LogP contribution is 2.19. The van der Waals surface area contributed by atoms with Gasteiger partial charge in [0.05, 0.1) is 17.9 Å². The fraction of sp³-hybridized carbons (Fsp3) is 0.182. The summed E-state index contributed by atoms with van der Waals surface area (Å²) in [6, 6.07) is 6.20. The number of rotatable bonds is 2. The molecular formula is C11H12FN3. The van der Waals surface area contributed by atoms with Crippen LogP contribution in [0.4, 0.5) is 4.39 Å². The third-order valence-corrected chi connectivity index (χ3v) is 2.16. The smallest absolute Gasteiger partial charge is 0.123 e. The van der Waals surface area contributed by atoms with Gasteiger partial charge in [0.2, 0.25) is 0 Å². The van der Waals surface area contributed by atoms with Gasteiger partial charge < -0.3 is 10.7 Å². The quantitative estimate of drug-likeness (QED) is 0.789. The van der Waals surface area contributed by atoms with E-state index in [4.69, 9.17) is 5.73 Å². The summed E-state index contributed by atoms with van der Waals surface area (Å²) in [6.07, 6.45) is 1.66. The van der Waals surface area contributed by atoms with E-state index in [9.17, 15) is 4.39 Å². The van der Waals surface area contributed by atoms with Crippen LogP contribution in [-0.4, -0.2) is 9.97 Å². The van der Waals surface area contributed by atoms with Gasteiger partial charge in [0.1, 0.15) is 11.6 Å². The van der Waals surface area contributed by atoms with Crippen LogP contribution < -0.4 is 5.73 Å². The number of nitrogens with two attached hydrogens (primary N) is 1. The molecule has 1 atom stereocenters. The summed E-state index contributed by atoms with van der Waals surface area (Å²) < 4.78 is 13.0. The predicted octanol–water partition coefficient (Wildman–Crippen LogP) is 2.24.